The topological polar surface area (TPSA) is 103 Å². The van der Waals surface area contributed by atoms with Crippen molar-refractivity contribution in [3.63, 3.8) is 0 Å². The Balaban J connectivity index is 2.03. The molecule has 24 heavy (non-hydrogen) atoms. The zero-order valence-corrected chi connectivity index (χ0v) is 13.4. The fraction of sp³-hybridized carbons (Fsp3) is 0.235. The Labute approximate surface area is 140 Å². The van der Waals surface area contributed by atoms with E-state index in [0.717, 1.165) is 18.5 Å². The van der Waals surface area contributed by atoms with Gasteiger partial charge in [0.25, 0.3) is 5.91 Å². The van der Waals surface area contributed by atoms with E-state index in [1.165, 1.54) is 0 Å². The van der Waals surface area contributed by atoms with E-state index in [2.05, 4.69) is 27.9 Å². The highest BCUT2D eigenvalue weighted by Gasteiger charge is 2.11. The average molecular weight is 328 g/mol. The summed E-state index contributed by atoms with van der Waals surface area (Å²) in [4.78, 5) is 27.2. The van der Waals surface area contributed by atoms with Gasteiger partial charge >= 0.3 is 6.09 Å². The quantitative estimate of drug-likeness (QED) is 0.585. The van der Waals surface area contributed by atoms with Gasteiger partial charge in [0.2, 0.25) is 0 Å². The highest BCUT2D eigenvalue weighted by Crippen LogP contribution is 2.21. The van der Waals surface area contributed by atoms with Crippen LogP contribution in [0, 0.1) is 0 Å². The van der Waals surface area contributed by atoms with Crippen LogP contribution in [0.25, 0.3) is 0 Å². The van der Waals surface area contributed by atoms with Crippen LogP contribution in [0.5, 0.6) is 0 Å². The molecule has 0 atom stereocenters. The summed E-state index contributed by atoms with van der Waals surface area (Å²) < 4.78 is 0. The van der Waals surface area contributed by atoms with Crippen molar-refractivity contribution in [1.82, 2.24) is 10.3 Å². The van der Waals surface area contributed by atoms with Crippen LogP contribution in [0.1, 0.15) is 29.4 Å². The molecule has 1 aromatic heterocycles. The van der Waals surface area contributed by atoms with Gasteiger partial charge in [-0.05, 0) is 36.7 Å². The molecule has 0 aliphatic carbocycles. The molecule has 4 N–H and O–H groups in total. The van der Waals surface area contributed by atoms with Crippen molar-refractivity contribution in [3.8, 4) is 0 Å². The molecule has 0 fully saturated rings. The molecule has 1 aromatic carbocycles. The second kappa shape index (κ2) is 8.64. The van der Waals surface area contributed by atoms with Crippen molar-refractivity contribution < 1.29 is 14.7 Å². The number of aromatic nitrogens is 1. The maximum Gasteiger partial charge on any atom is 0.409 e. The van der Waals surface area contributed by atoms with Crippen molar-refractivity contribution in [3.05, 3.63) is 53.9 Å². The molecular weight excluding hydrogens is 308 g/mol. The number of amides is 2. The van der Waals surface area contributed by atoms with Gasteiger partial charge in [0.1, 0.15) is 5.69 Å². The predicted octanol–water partition coefficient (Wildman–Crippen LogP) is 2.92. The van der Waals surface area contributed by atoms with E-state index in [4.69, 9.17) is 5.11 Å². The van der Waals surface area contributed by atoms with Crippen molar-refractivity contribution in [2.75, 3.05) is 17.2 Å². The number of pyridine rings is 1. The zero-order chi connectivity index (χ0) is 17.4. The second-order valence-electron chi connectivity index (χ2n) is 5.16. The summed E-state index contributed by atoms with van der Waals surface area (Å²) in [6.45, 7) is 3.72. The first-order chi connectivity index (χ1) is 11.6. The van der Waals surface area contributed by atoms with Gasteiger partial charge in [-0.1, -0.05) is 25.1 Å². The lowest BCUT2D eigenvalue weighted by atomic mass is 10.2. The second-order valence-corrected chi connectivity index (χ2v) is 5.16. The third kappa shape index (κ3) is 5.06. The number of nitrogens with zero attached hydrogens (tertiary/aromatic N) is 1. The van der Waals surface area contributed by atoms with E-state index in [1.54, 1.807) is 36.5 Å². The number of hydrogen-bond donors (Lipinski definition) is 4. The Morgan fingerprint density at radius 3 is 2.38 bits per heavy atom. The molecule has 0 saturated heterocycles. The van der Waals surface area contributed by atoms with Crippen molar-refractivity contribution in [2.24, 2.45) is 0 Å². The van der Waals surface area contributed by atoms with E-state index in [9.17, 15) is 9.59 Å². The van der Waals surface area contributed by atoms with Crippen LogP contribution in [0.15, 0.2) is 42.6 Å². The monoisotopic (exact) mass is 328 g/mol. The predicted molar refractivity (Wildman–Crippen MR) is 92.3 cm³/mol. The Bertz CT molecular complexity index is 701. The minimum Gasteiger partial charge on any atom is -0.465 e. The molecule has 0 saturated carbocycles. The zero-order valence-electron chi connectivity index (χ0n) is 13.4. The van der Waals surface area contributed by atoms with Gasteiger partial charge in [-0.25, -0.2) is 4.79 Å². The van der Waals surface area contributed by atoms with E-state index in [0.29, 0.717) is 17.9 Å². The van der Waals surface area contributed by atoms with Crippen molar-refractivity contribution in [1.29, 1.82) is 0 Å². The average Bonchev–Trinajstić information content (AvgIpc) is 2.57. The van der Waals surface area contributed by atoms with E-state index in [-0.39, 0.29) is 5.69 Å². The van der Waals surface area contributed by atoms with E-state index >= 15 is 0 Å². The number of carbonyl (C=O) groups is 2. The lowest BCUT2D eigenvalue weighted by Crippen LogP contribution is -2.17. The summed E-state index contributed by atoms with van der Waals surface area (Å²) in [7, 11) is 0. The van der Waals surface area contributed by atoms with Crippen LogP contribution in [-0.4, -0.2) is 28.6 Å². The molecule has 2 amide bonds. The fourth-order valence-electron chi connectivity index (χ4n) is 2.08. The molecule has 1 heterocycles. The van der Waals surface area contributed by atoms with Crippen LogP contribution in [0.4, 0.5) is 16.2 Å². The summed E-state index contributed by atoms with van der Waals surface area (Å²) >= 11 is 0. The molecule has 7 heteroatoms. The molecule has 2 aromatic rings. The van der Waals surface area contributed by atoms with Gasteiger partial charge in [-0.3, -0.25) is 15.1 Å². The summed E-state index contributed by atoms with van der Waals surface area (Å²) in [6.07, 6.45) is 1.51. The van der Waals surface area contributed by atoms with Crippen LogP contribution in [0.2, 0.25) is 0 Å². The summed E-state index contributed by atoms with van der Waals surface area (Å²) in [5.41, 5.74) is 1.94. The van der Waals surface area contributed by atoms with E-state index in [1.807, 2.05) is 6.07 Å². The van der Waals surface area contributed by atoms with Crippen LogP contribution < -0.4 is 16.0 Å². The number of benzene rings is 1. The third-order valence-corrected chi connectivity index (χ3v) is 3.23. The molecular formula is C17H20N4O3. The molecule has 0 unspecified atom stereocenters. The SMILES string of the molecule is CCCNCc1ccc(C(=O)Nc2ccccc2NC(=O)O)nc1. The lowest BCUT2D eigenvalue weighted by Gasteiger charge is -2.10. The maximum atomic E-state index is 12.3. The normalized spacial score (nSPS) is 10.2. The first-order valence-corrected chi connectivity index (χ1v) is 7.66. The van der Waals surface area contributed by atoms with Gasteiger partial charge in [0.15, 0.2) is 0 Å². The number of anilines is 2. The number of para-hydroxylation sites is 2. The number of carboxylic acid groups (broad SMARTS) is 1. The Morgan fingerprint density at radius 1 is 1.08 bits per heavy atom. The molecule has 0 aliphatic rings. The van der Waals surface area contributed by atoms with Crippen molar-refractivity contribution >= 4 is 23.4 Å². The highest BCUT2D eigenvalue weighted by atomic mass is 16.4. The first kappa shape index (κ1) is 17.4. The maximum absolute atomic E-state index is 12.3. The molecule has 126 valence electrons. The van der Waals surface area contributed by atoms with Crippen LogP contribution in [0.3, 0.4) is 0 Å². The molecule has 0 radical (unpaired) electrons. The Morgan fingerprint density at radius 2 is 1.79 bits per heavy atom. The summed E-state index contributed by atoms with van der Waals surface area (Å²) in [5, 5.41) is 17.0. The molecule has 0 bridgehead atoms. The minimum atomic E-state index is -1.20. The summed E-state index contributed by atoms with van der Waals surface area (Å²) in [6, 6.07) is 10.1. The molecule has 2 rings (SSSR count). The fourth-order valence-corrected chi connectivity index (χ4v) is 2.08. The number of rotatable bonds is 7. The highest BCUT2D eigenvalue weighted by molar-refractivity contribution is 6.05. The lowest BCUT2D eigenvalue weighted by molar-refractivity contribution is 0.102. The third-order valence-electron chi connectivity index (χ3n) is 3.23. The van der Waals surface area contributed by atoms with Gasteiger partial charge in [0, 0.05) is 12.7 Å². The van der Waals surface area contributed by atoms with Crippen LogP contribution >= 0.6 is 0 Å². The van der Waals surface area contributed by atoms with Gasteiger partial charge in [-0.2, -0.15) is 0 Å². The smallest absolute Gasteiger partial charge is 0.409 e. The Hall–Kier alpha value is -2.93. The van der Waals surface area contributed by atoms with Gasteiger partial charge in [-0.15, -0.1) is 0 Å². The minimum absolute atomic E-state index is 0.263. The van der Waals surface area contributed by atoms with Crippen molar-refractivity contribution in [2.45, 2.75) is 19.9 Å². The summed E-state index contributed by atoms with van der Waals surface area (Å²) in [5.74, 6) is -0.400. The van der Waals surface area contributed by atoms with E-state index < -0.39 is 12.0 Å². The standard InChI is InChI=1S/C17H20N4O3/c1-2-9-18-10-12-7-8-15(19-11-12)16(22)20-13-5-3-4-6-14(13)21-17(23)24/h3-8,11,18,21H,2,9-10H2,1H3,(H,20,22)(H,23,24). The largest absolute Gasteiger partial charge is 0.465 e. The molecule has 0 spiro atoms. The first-order valence-electron chi connectivity index (χ1n) is 7.66. The number of hydrogen-bond acceptors (Lipinski definition) is 4. The number of nitrogens with one attached hydrogen (secondary N) is 3. The Kier molecular flexibility index (Phi) is 6.27. The van der Waals surface area contributed by atoms with Crippen LogP contribution in [-0.2, 0) is 6.54 Å². The van der Waals surface area contributed by atoms with Gasteiger partial charge < -0.3 is 15.7 Å². The molecule has 7 nitrogen and oxygen atoms in total. The van der Waals surface area contributed by atoms with Gasteiger partial charge in [0.05, 0.1) is 11.4 Å². The molecule has 0 aliphatic heterocycles. The number of carbonyl (C=O) groups excluding carboxylic acids is 1.